The molecule has 0 N–H and O–H groups in total. The van der Waals surface area contributed by atoms with Crippen LogP contribution in [0.3, 0.4) is 0 Å². The SMILES string of the molecule is CCOC(=O)c1ccc(N(C)c2cc3c(cc2C)C(C(C)C)=CCC3(C)C)cc1. The molecule has 1 aliphatic rings. The molecule has 0 radical (unpaired) electrons. The van der Waals surface area contributed by atoms with Gasteiger partial charge in [-0.05, 0) is 90.3 Å². The lowest BCUT2D eigenvalue weighted by Crippen LogP contribution is -2.24. The molecule has 1 aliphatic carbocycles. The number of carbonyl (C=O) groups is 1. The summed E-state index contributed by atoms with van der Waals surface area (Å²) < 4.78 is 5.09. The highest BCUT2D eigenvalue weighted by Gasteiger charge is 2.30. The smallest absolute Gasteiger partial charge is 0.338 e. The van der Waals surface area contributed by atoms with Crippen molar-refractivity contribution in [1.29, 1.82) is 0 Å². The van der Waals surface area contributed by atoms with Crippen LogP contribution in [0.5, 0.6) is 0 Å². The van der Waals surface area contributed by atoms with E-state index in [2.05, 4.69) is 64.8 Å². The molecule has 3 nitrogen and oxygen atoms in total. The molecule has 0 amide bonds. The zero-order chi connectivity index (χ0) is 21.3. The first kappa shape index (κ1) is 21.2. The van der Waals surface area contributed by atoms with E-state index in [1.165, 1.54) is 28.0 Å². The minimum absolute atomic E-state index is 0.116. The van der Waals surface area contributed by atoms with Gasteiger partial charge < -0.3 is 9.64 Å². The molecular weight excluding hydrogens is 358 g/mol. The first-order chi connectivity index (χ1) is 13.7. The van der Waals surface area contributed by atoms with Crippen molar-refractivity contribution in [1.82, 2.24) is 0 Å². The maximum absolute atomic E-state index is 11.9. The molecule has 2 aromatic carbocycles. The molecule has 29 heavy (non-hydrogen) atoms. The number of ether oxygens (including phenoxy) is 1. The second-order valence-corrected chi connectivity index (χ2v) is 8.91. The van der Waals surface area contributed by atoms with Gasteiger partial charge in [0.1, 0.15) is 0 Å². The van der Waals surface area contributed by atoms with E-state index >= 15 is 0 Å². The minimum atomic E-state index is -0.276. The van der Waals surface area contributed by atoms with Gasteiger partial charge in [0.05, 0.1) is 12.2 Å². The first-order valence-corrected chi connectivity index (χ1v) is 10.5. The van der Waals surface area contributed by atoms with Crippen molar-refractivity contribution in [2.75, 3.05) is 18.6 Å². The summed E-state index contributed by atoms with van der Waals surface area (Å²) in [6, 6.07) is 12.3. The Bertz CT molecular complexity index is 936. The van der Waals surface area contributed by atoms with Gasteiger partial charge in [-0.3, -0.25) is 0 Å². The molecule has 0 aliphatic heterocycles. The van der Waals surface area contributed by atoms with Gasteiger partial charge in [-0.1, -0.05) is 33.8 Å². The van der Waals surface area contributed by atoms with Crippen LogP contribution in [0.1, 0.15) is 68.1 Å². The summed E-state index contributed by atoms with van der Waals surface area (Å²) in [5, 5.41) is 0. The van der Waals surface area contributed by atoms with Crippen LogP contribution < -0.4 is 4.90 Å². The van der Waals surface area contributed by atoms with Gasteiger partial charge in [-0.15, -0.1) is 0 Å². The molecular formula is C26H33NO2. The summed E-state index contributed by atoms with van der Waals surface area (Å²) in [6.45, 7) is 13.6. The highest BCUT2D eigenvalue weighted by atomic mass is 16.5. The van der Waals surface area contributed by atoms with E-state index in [4.69, 9.17) is 4.74 Å². The summed E-state index contributed by atoms with van der Waals surface area (Å²) in [4.78, 5) is 14.1. The van der Waals surface area contributed by atoms with Gasteiger partial charge >= 0.3 is 5.97 Å². The monoisotopic (exact) mass is 391 g/mol. The average molecular weight is 392 g/mol. The molecule has 2 aromatic rings. The molecule has 0 spiro atoms. The average Bonchev–Trinajstić information content (AvgIpc) is 2.67. The van der Waals surface area contributed by atoms with Crippen molar-refractivity contribution in [2.45, 2.75) is 53.4 Å². The molecule has 154 valence electrons. The summed E-state index contributed by atoms with van der Waals surface area (Å²) in [6.07, 6.45) is 3.48. The lowest BCUT2D eigenvalue weighted by molar-refractivity contribution is 0.0526. The Kier molecular flexibility index (Phi) is 5.88. The largest absolute Gasteiger partial charge is 0.462 e. The Labute approximate surface area is 175 Å². The number of benzene rings is 2. The molecule has 0 aromatic heterocycles. The van der Waals surface area contributed by atoms with E-state index in [9.17, 15) is 4.79 Å². The van der Waals surface area contributed by atoms with Crippen LogP contribution in [-0.2, 0) is 10.2 Å². The van der Waals surface area contributed by atoms with Gasteiger partial charge in [-0.2, -0.15) is 0 Å². The van der Waals surface area contributed by atoms with Crippen molar-refractivity contribution in [3.05, 3.63) is 64.7 Å². The fourth-order valence-corrected chi connectivity index (χ4v) is 4.16. The Morgan fingerprint density at radius 1 is 1.17 bits per heavy atom. The first-order valence-electron chi connectivity index (χ1n) is 10.5. The highest BCUT2D eigenvalue weighted by Crippen LogP contribution is 2.44. The molecule has 0 saturated carbocycles. The van der Waals surface area contributed by atoms with Crippen molar-refractivity contribution in [3.8, 4) is 0 Å². The molecule has 3 rings (SSSR count). The van der Waals surface area contributed by atoms with Gasteiger partial charge in [-0.25, -0.2) is 4.79 Å². The predicted molar refractivity (Wildman–Crippen MR) is 122 cm³/mol. The second kappa shape index (κ2) is 8.06. The maximum atomic E-state index is 11.9. The zero-order valence-electron chi connectivity index (χ0n) is 18.8. The third kappa shape index (κ3) is 4.10. The van der Waals surface area contributed by atoms with E-state index in [0.29, 0.717) is 18.1 Å². The van der Waals surface area contributed by atoms with E-state index in [-0.39, 0.29) is 11.4 Å². The quantitative estimate of drug-likeness (QED) is 0.534. The van der Waals surface area contributed by atoms with E-state index < -0.39 is 0 Å². The third-order valence-corrected chi connectivity index (χ3v) is 5.96. The Hall–Kier alpha value is -2.55. The summed E-state index contributed by atoms with van der Waals surface area (Å²) in [7, 11) is 2.09. The van der Waals surface area contributed by atoms with Gasteiger partial charge in [0.15, 0.2) is 0 Å². The lowest BCUT2D eigenvalue weighted by Gasteiger charge is -2.35. The van der Waals surface area contributed by atoms with Crippen LogP contribution in [0.4, 0.5) is 11.4 Å². The predicted octanol–water partition coefficient (Wildman–Crippen LogP) is 6.66. The van der Waals surface area contributed by atoms with E-state index in [1.807, 2.05) is 31.2 Å². The van der Waals surface area contributed by atoms with Crippen LogP contribution in [0.2, 0.25) is 0 Å². The van der Waals surface area contributed by atoms with Gasteiger partial charge in [0.2, 0.25) is 0 Å². The molecule has 0 atom stereocenters. The van der Waals surface area contributed by atoms with Crippen LogP contribution >= 0.6 is 0 Å². The summed E-state index contributed by atoms with van der Waals surface area (Å²) >= 11 is 0. The second-order valence-electron chi connectivity index (χ2n) is 8.91. The van der Waals surface area contributed by atoms with Crippen molar-refractivity contribution >= 4 is 22.9 Å². The number of anilines is 2. The minimum Gasteiger partial charge on any atom is -0.462 e. The summed E-state index contributed by atoms with van der Waals surface area (Å²) in [5.74, 6) is 0.240. The number of rotatable bonds is 5. The number of hydrogen-bond donors (Lipinski definition) is 0. The molecule has 0 heterocycles. The summed E-state index contributed by atoms with van der Waals surface area (Å²) in [5.41, 5.74) is 8.47. The van der Waals surface area contributed by atoms with Crippen molar-refractivity contribution in [3.63, 3.8) is 0 Å². The number of nitrogens with zero attached hydrogens (tertiary/aromatic N) is 1. The van der Waals surface area contributed by atoms with Crippen LogP contribution in [0, 0.1) is 12.8 Å². The number of fused-ring (bicyclic) bond motifs is 1. The number of carbonyl (C=O) groups excluding carboxylic acids is 1. The number of hydrogen-bond acceptors (Lipinski definition) is 3. The topological polar surface area (TPSA) is 29.5 Å². The third-order valence-electron chi connectivity index (χ3n) is 5.96. The van der Waals surface area contributed by atoms with Crippen LogP contribution in [0.15, 0.2) is 42.5 Å². The molecule has 0 bridgehead atoms. The Morgan fingerprint density at radius 2 is 1.83 bits per heavy atom. The fourth-order valence-electron chi connectivity index (χ4n) is 4.16. The lowest BCUT2D eigenvalue weighted by atomic mass is 9.71. The fraction of sp³-hybridized carbons (Fsp3) is 0.423. The van der Waals surface area contributed by atoms with Crippen LogP contribution in [0.25, 0.3) is 5.57 Å². The van der Waals surface area contributed by atoms with Crippen molar-refractivity contribution < 1.29 is 9.53 Å². The molecule has 0 fully saturated rings. The van der Waals surface area contributed by atoms with E-state index in [0.717, 1.165) is 12.1 Å². The van der Waals surface area contributed by atoms with E-state index in [1.54, 1.807) is 0 Å². The number of allylic oxidation sites excluding steroid dienone is 2. The molecule has 3 heteroatoms. The van der Waals surface area contributed by atoms with Gasteiger partial charge in [0.25, 0.3) is 0 Å². The van der Waals surface area contributed by atoms with Crippen LogP contribution in [-0.4, -0.2) is 19.6 Å². The normalized spacial score (nSPS) is 15.0. The number of aryl methyl sites for hydroxylation is 1. The molecule has 0 unspecified atom stereocenters. The van der Waals surface area contributed by atoms with Gasteiger partial charge in [0, 0.05) is 18.4 Å². The zero-order valence-corrected chi connectivity index (χ0v) is 18.8. The maximum Gasteiger partial charge on any atom is 0.338 e. The Balaban J connectivity index is 1.99. The van der Waals surface area contributed by atoms with Crippen molar-refractivity contribution in [2.24, 2.45) is 5.92 Å². The molecule has 0 saturated heterocycles. The number of esters is 1. The Morgan fingerprint density at radius 3 is 2.41 bits per heavy atom. The standard InChI is InChI=1S/C26H33NO2/c1-8-29-25(28)19-9-11-20(12-10-19)27(7)24-16-23-22(15-18(24)4)21(17(2)3)13-14-26(23,5)6/h9-13,15-17H,8,14H2,1-7H3. The highest BCUT2D eigenvalue weighted by molar-refractivity contribution is 5.90.